The van der Waals surface area contributed by atoms with E-state index in [0.717, 1.165) is 9.13 Å². The highest BCUT2D eigenvalue weighted by atomic mass is 127. The van der Waals surface area contributed by atoms with Gasteiger partial charge in [0, 0.05) is 9.13 Å². The number of aromatic carboxylic acids is 1. The molecule has 0 aliphatic heterocycles. The first-order chi connectivity index (χ1) is 8.13. The van der Waals surface area contributed by atoms with Gasteiger partial charge in [-0.15, -0.1) is 0 Å². The maximum Gasteiger partial charge on any atom is 0.341 e. The van der Waals surface area contributed by atoms with Crippen LogP contribution < -0.4 is 0 Å². The maximum atomic E-state index is 11.2. The van der Waals surface area contributed by atoms with E-state index in [4.69, 9.17) is 4.52 Å². The Hall–Kier alpha value is -1.37. The van der Waals surface area contributed by atoms with Crippen molar-refractivity contribution in [3.63, 3.8) is 0 Å². The molecule has 1 aromatic carbocycles. The molecule has 88 valence electrons. The second kappa shape index (κ2) is 4.87. The zero-order chi connectivity index (χ0) is 12.4. The molecule has 0 spiro atoms. The number of rotatable bonds is 3. The summed E-state index contributed by atoms with van der Waals surface area (Å²) < 4.78 is 6.17. The number of nitrogens with zero attached hydrogens (tertiary/aromatic N) is 1. The number of carboxylic acid groups (broad SMARTS) is 1. The topological polar surface area (TPSA) is 63.3 Å². The van der Waals surface area contributed by atoms with Gasteiger partial charge in [0.05, 0.1) is 5.69 Å². The molecule has 0 saturated carbocycles. The first kappa shape index (κ1) is 12.1. The van der Waals surface area contributed by atoms with Gasteiger partial charge in [0.25, 0.3) is 0 Å². The summed E-state index contributed by atoms with van der Waals surface area (Å²) in [7, 11) is 0. The zero-order valence-corrected chi connectivity index (χ0v) is 11.3. The molecule has 0 atom stereocenters. The van der Waals surface area contributed by atoms with Crippen molar-refractivity contribution in [1.82, 2.24) is 5.16 Å². The predicted molar refractivity (Wildman–Crippen MR) is 71.0 cm³/mol. The number of hydrogen-bond acceptors (Lipinski definition) is 3. The molecule has 0 aliphatic rings. The van der Waals surface area contributed by atoms with Crippen LogP contribution in [0.2, 0.25) is 0 Å². The molecule has 0 radical (unpaired) electrons. The molecule has 2 rings (SSSR count). The number of hydrogen-bond donors (Lipinski definition) is 1. The van der Waals surface area contributed by atoms with Gasteiger partial charge in [-0.25, -0.2) is 4.79 Å². The van der Waals surface area contributed by atoms with Crippen LogP contribution in [0.15, 0.2) is 28.8 Å². The van der Waals surface area contributed by atoms with E-state index in [1.807, 2.05) is 31.2 Å². The van der Waals surface area contributed by atoms with Gasteiger partial charge < -0.3 is 9.63 Å². The van der Waals surface area contributed by atoms with E-state index in [-0.39, 0.29) is 5.56 Å². The van der Waals surface area contributed by atoms with Crippen LogP contribution in [0.3, 0.4) is 0 Å². The number of halogens is 1. The first-order valence-electron chi connectivity index (χ1n) is 5.11. The van der Waals surface area contributed by atoms with Crippen LogP contribution in [0.1, 0.15) is 23.0 Å². The lowest BCUT2D eigenvalue weighted by atomic mass is 10.1. The van der Waals surface area contributed by atoms with Crippen LogP contribution >= 0.6 is 22.6 Å². The minimum Gasteiger partial charge on any atom is -0.477 e. The van der Waals surface area contributed by atoms with Crippen LogP contribution in [0.5, 0.6) is 0 Å². The molecule has 1 aromatic heterocycles. The van der Waals surface area contributed by atoms with Gasteiger partial charge in [-0.1, -0.05) is 24.2 Å². The zero-order valence-electron chi connectivity index (χ0n) is 9.11. The van der Waals surface area contributed by atoms with E-state index in [9.17, 15) is 9.90 Å². The van der Waals surface area contributed by atoms with Crippen LogP contribution in [-0.4, -0.2) is 16.2 Å². The number of carboxylic acids is 1. The predicted octanol–water partition coefficient (Wildman–Crippen LogP) is 3.21. The molecule has 0 saturated heterocycles. The van der Waals surface area contributed by atoms with Crippen molar-refractivity contribution < 1.29 is 14.4 Å². The SMILES string of the molecule is CCc1noc(-c2cccc(I)c2)c1C(=O)O. The van der Waals surface area contributed by atoms with E-state index < -0.39 is 5.97 Å². The van der Waals surface area contributed by atoms with Crippen molar-refractivity contribution >= 4 is 28.6 Å². The fourth-order valence-corrected chi connectivity index (χ4v) is 2.15. The third-order valence-electron chi connectivity index (χ3n) is 2.40. The average molecular weight is 343 g/mol. The Morgan fingerprint density at radius 1 is 1.53 bits per heavy atom. The number of aromatic nitrogens is 1. The third kappa shape index (κ3) is 2.33. The quantitative estimate of drug-likeness (QED) is 0.870. The van der Waals surface area contributed by atoms with Gasteiger partial charge in [-0.2, -0.15) is 0 Å². The number of aryl methyl sites for hydroxylation is 1. The van der Waals surface area contributed by atoms with Crippen molar-refractivity contribution in [2.24, 2.45) is 0 Å². The molecule has 17 heavy (non-hydrogen) atoms. The summed E-state index contributed by atoms with van der Waals surface area (Å²) in [6, 6.07) is 7.47. The third-order valence-corrected chi connectivity index (χ3v) is 3.07. The Morgan fingerprint density at radius 3 is 2.88 bits per heavy atom. The van der Waals surface area contributed by atoms with Gasteiger partial charge in [0.2, 0.25) is 0 Å². The minimum atomic E-state index is -1.00. The lowest BCUT2D eigenvalue weighted by Gasteiger charge is -1.99. The van der Waals surface area contributed by atoms with E-state index >= 15 is 0 Å². The molecule has 0 aliphatic carbocycles. The number of carbonyl (C=O) groups is 1. The standard InChI is InChI=1S/C12H10INO3/c1-2-9-10(12(15)16)11(17-14-9)7-4-3-5-8(13)6-7/h3-6H,2H2,1H3,(H,15,16). The van der Waals surface area contributed by atoms with E-state index in [2.05, 4.69) is 27.7 Å². The fraction of sp³-hybridized carbons (Fsp3) is 0.167. The molecule has 5 heteroatoms. The Bertz CT molecular complexity index is 563. The summed E-state index contributed by atoms with van der Waals surface area (Å²) >= 11 is 2.17. The van der Waals surface area contributed by atoms with Gasteiger partial charge in [-0.05, 0) is 41.1 Å². The van der Waals surface area contributed by atoms with Crippen molar-refractivity contribution in [2.75, 3.05) is 0 Å². The largest absolute Gasteiger partial charge is 0.477 e. The smallest absolute Gasteiger partial charge is 0.341 e. The Labute approximate surface area is 112 Å². The monoisotopic (exact) mass is 343 g/mol. The van der Waals surface area contributed by atoms with Crippen molar-refractivity contribution in [1.29, 1.82) is 0 Å². The van der Waals surface area contributed by atoms with Crippen molar-refractivity contribution in [2.45, 2.75) is 13.3 Å². The van der Waals surface area contributed by atoms with Crippen LogP contribution in [0.25, 0.3) is 11.3 Å². The highest BCUT2D eigenvalue weighted by Gasteiger charge is 2.22. The average Bonchev–Trinajstić information content (AvgIpc) is 2.72. The molecular formula is C12H10INO3. The molecule has 0 bridgehead atoms. The summed E-state index contributed by atoms with van der Waals surface area (Å²) in [5.74, 6) is -0.676. The second-order valence-corrected chi connectivity index (χ2v) is 4.75. The highest BCUT2D eigenvalue weighted by Crippen LogP contribution is 2.27. The fourth-order valence-electron chi connectivity index (χ4n) is 1.61. The molecule has 1 N–H and O–H groups in total. The molecule has 2 aromatic rings. The minimum absolute atomic E-state index is 0.162. The van der Waals surface area contributed by atoms with Gasteiger partial charge in [0.1, 0.15) is 5.56 Å². The Kier molecular flexibility index (Phi) is 3.46. The van der Waals surface area contributed by atoms with E-state index in [0.29, 0.717) is 17.9 Å². The molecule has 4 nitrogen and oxygen atoms in total. The normalized spacial score (nSPS) is 10.5. The highest BCUT2D eigenvalue weighted by molar-refractivity contribution is 14.1. The number of benzene rings is 1. The molecule has 0 fully saturated rings. The van der Waals surface area contributed by atoms with Crippen molar-refractivity contribution in [3.8, 4) is 11.3 Å². The lowest BCUT2D eigenvalue weighted by molar-refractivity contribution is 0.0696. The summed E-state index contributed by atoms with van der Waals surface area (Å²) in [5, 5.41) is 13.0. The van der Waals surface area contributed by atoms with Gasteiger partial charge in [-0.3, -0.25) is 0 Å². The molecular weight excluding hydrogens is 333 g/mol. The van der Waals surface area contributed by atoms with E-state index in [1.165, 1.54) is 0 Å². The Balaban J connectivity index is 2.60. The summed E-state index contributed by atoms with van der Waals surface area (Å²) in [6.45, 7) is 1.85. The summed E-state index contributed by atoms with van der Waals surface area (Å²) in [5.41, 5.74) is 1.38. The van der Waals surface area contributed by atoms with E-state index in [1.54, 1.807) is 0 Å². The Morgan fingerprint density at radius 2 is 2.29 bits per heavy atom. The van der Waals surface area contributed by atoms with Gasteiger partial charge >= 0.3 is 5.97 Å². The van der Waals surface area contributed by atoms with Gasteiger partial charge in [0.15, 0.2) is 5.76 Å². The second-order valence-electron chi connectivity index (χ2n) is 3.50. The van der Waals surface area contributed by atoms with Crippen LogP contribution in [0, 0.1) is 3.57 Å². The summed E-state index contributed by atoms with van der Waals surface area (Å²) in [4.78, 5) is 11.2. The maximum absolute atomic E-state index is 11.2. The molecule has 0 unspecified atom stereocenters. The molecule has 0 amide bonds. The van der Waals surface area contributed by atoms with Crippen molar-refractivity contribution in [3.05, 3.63) is 39.1 Å². The summed E-state index contributed by atoms with van der Waals surface area (Å²) in [6.07, 6.45) is 0.537. The molecule has 1 heterocycles. The first-order valence-corrected chi connectivity index (χ1v) is 6.19. The van der Waals surface area contributed by atoms with Crippen LogP contribution in [-0.2, 0) is 6.42 Å². The van der Waals surface area contributed by atoms with Crippen LogP contribution in [0.4, 0.5) is 0 Å². The lowest BCUT2D eigenvalue weighted by Crippen LogP contribution is -2.01.